The Morgan fingerprint density at radius 3 is 2.82 bits per heavy atom. The molecule has 2 aromatic heterocycles. The quantitative estimate of drug-likeness (QED) is 0.905. The fraction of sp³-hybridized carbons (Fsp3) is 0.250. The van der Waals surface area contributed by atoms with E-state index in [0.717, 1.165) is 11.3 Å². The lowest BCUT2D eigenvalue weighted by Gasteiger charge is -2.13. The van der Waals surface area contributed by atoms with Crippen LogP contribution in [0.15, 0.2) is 29.9 Å². The average Bonchev–Trinajstić information content (AvgIpc) is 2.83. The van der Waals surface area contributed by atoms with Crippen molar-refractivity contribution in [3.8, 4) is 0 Å². The van der Waals surface area contributed by atoms with E-state index in [-0.39, 0.29) is 11.9 Å². The van der Waals surface area contributed by atoms with Gasteiger partial charge in [0.25, 0.3) is 5.91 Å². The number of aryl methyl sites for hydroxylation is 1. The van der Waals surface area contributed by atoms with Gasteiger partial charge in [-0.2, -0.15) is 0 Å². The van der Waals surface area contributed by atoms with Gasteiger partial charge in [0.15, 0.2) is 0 Å². The summed E-state index contributed by atoms with van der Waals surface area (Å²) in [5, 5.41) is 4.64. The smallest absolute Gasteiger partial charge is 0.254 e. The Bertz CT molecular complexity index is 493. The Balaban J connectivity index is 2.04. The number of aromatic nitrogens is 2. The summed E-state index contributed by atoms with van der Waals surface area (Å²) < 4.78 is 3.90. The predicted molar refractivity (Wildman–Crippen MR) is 67.0 cm³/mol. The molecule has 2 heterocycles. The van der Waals surface area contributed by atoms with Crippen molar-refractivity contribution in [2.45, 2.75) is 19.9 Å². The molecule has 5 heteroatoms. The van der Waals surface area contributed by atoms with E-state index in [1.807, 2.05) is 26.0 Å². The molecule has 4 nitrogen and oxygen atoms in total. The number of hydrogen-bond donors (Lipinski definition) is 1. The Morgan fingerprint density at radius 1 is 1.41 bits per heavy atom. The van der Waals surface area contributed by atoms with Gasteiger partial charge in [-0.1, -0.05) is 6.07 Å². The second-order valence-corrected chi connectivity index (χ2v) is 4.50. The first-order valence-electron chi connectivity index (χ1n) is 5.29. The summed E-state index contributed by atoms with van der Waals surface area (Å²) in [5.41, 5.74) is 2.56. The lowest BCUT2D eigenvalue weighted by Crippen LogP contribution is -2.26. The van der Waals surface area contributed by atoms with Crippen molar-refractivity contribution in [1.29, 1.82) is 0 Å². The number of rotatable bonds is 3. The van der Waals surface area contributed by atoms with E-state index >= 15 is 0 Å². The first kappa shape index (κ1) is 11.7. The summed E-state index contributed by atoms with van der Waals surface area (Å²) in [6.07, 6.45) is 3.35. The minimum atomic E-state index is -0.105. The highest BCUT2D eigenvalue weighted by Crippen LogP contribution is 2.12. The molecule has 2 aromatic rings. The van der Waals surface area contributed by atoms with Gasteiger partial charge in [-0.15, -0.1) is 0 Å². The Labute approximate surface area is 104 Å². The lowest BCUT2D eigenvalue weighted by molar-refractivity contribution is 0.0940. The maximum atomic E-state index is 11.8. The minimum absolute atomic E-state index is 0.0597. The number of amides is 1. The summed E-state index contributed by atoms with van der Waals surface area (Å²) in [7, 11) is 0. The third-order valence-electron chi connectivity index (χ3n) is 2.48. The number of hydrogen-bond acceptors (Lipinski definition) is 4. The molecule has 0 fully saturated rings. The molecular weight excluding hydrogens is 234 g/mol. The lowest BCUT2D eigenvalue weighted by atomic mass is 10.1. The normalized spacial score (nSPS) is 12.1. The second kappa shape index (κ2) is 5.05. The largest absolute Gasteiger partial charge is 0.345 e. The summed E-state index contributed by atoms with van der Waals surface area (Å²) in [4.78, 5) is 16.0. The van der Waals surface area contributed by atoms with Crippen molar-refractivity contribution in [1.82, 2.24) is 14.7 Å². The van der Waals surface area contributed by atoms with Gasteiger partial charge in [0.05, 0.1) is 17.8 Å². The van der Waals surface area contributed by atoms with Gasteiger partial charge >= 0.3 is 0 Å². The predicted octanol–water partition coefficient (Wildman–Crippen LogP) is 2.34. The topological polar surface area (TPSA) is 54.9 Å². The SMILES string of the molecule is Cc1ccc(C(C)NC(=O)c2cnsc2)cn1. The van der Waals surface area contributed by atoms with Crippen LogP contribution in [0.3, 0.4) is 0 Å². The molecular formula is C12H13N3OS. The molecule has 17 heavy (non-hydrogen) atoms. The van der Waals surface area contributed by atoms with Crippen LogP contribution in [0.1, 0.15) is 34.6 Å². The van der Waals surface area contributed by atoms with Gasteiger partial charge in [-0.25, -0.2) is 4.37 Å². The fourth-order valence-electron chi connectivity index (χ4n) is 1.42. The highest BCUT2D eigenvalue weighted by Gasteiger charge is 2.12. The summed E-state index contributed by atoms with van der Waals surface area (Å²) >= 11 is 1.27. The van der Waals surface area contributed by atoms with E-state index in [4.69, 9.17) is 0 Å². The molecule has 1 amide bonds. The van der Waals surface area contributed by atoms with Crippen molar-refractivity contribution in [3.05, 3.63) is 46.7 Å². The van der Waals surface area contributed by atoms with E-state index in [9.17, 15) is 4.79 Å². The molecule has 0 saturated heterocycles. The first-order chi connectivity index (χ1) is 8.16. The van der Waals surface area contributed by atoms with Crippen LogP contribution in [0.2, 0.25) is 0 Å². The van der Waals surface area contributed by atoms with Gasteiger partial charge < -0.3 is 5.32 Å². The standard InChI is InChI=1S/C12H13N3OS/c1-8-3-4-10(5-13-8)9(2)15-12(16)11-6-14-17-7-11/h3-7,9H,1-2H3,(H,15,16). The molecule has 1 N–H and O–H groups in total. The molecule has 0 spiro atoms. The van der Waals surface area contributed by atoms with Crippen LogP contribution >= 0.6 is 11.5 Å². The number of carbonyl (C=O) groups is 1. The van der Waals surface area contributed by atoms with Crippen molar-refractivity contribution in [3.63, 3.8) is 0 Å². The van der Waals surface area contributed by atoms with Crippen LogP contribution < -0.4 is 5.32 Å². The summed E-state index contributed by atoms with van der Waals surface area (Å²) in [5.74, 6) is -0.105. The molecule has 1 atom stereocenters. The summed E-state index contributed by atoms with van der Waals surface area (Å²) in [6, 6.07) is 3.85. The van der Waals surface area contributed by atoms with Crippen LogP contribution in [0.25, 0.3) is 0 Å². The van der Waals surface area contributed by atoms with Crippen molar-refractivity contribution in [2.75, 3.05) is 0 Å². The molecule has 0 aliphatic rings. The Hall–Kier alpha value is -1.75. The van der Waals surface area contributed by atoms with E-state index in [2.05, 4.69) is 14.7 Å². The van der Waals surface area contributed by atoms with Crippen molar-refractivity contribution < 1.29 is 4.79 Å². The molecule has 2 rings (SSSR count). The molecule has 0 radical (unpaired) electrons. The molecule has 1 unspecified atom stereocenters. The van der Waals surface area contributed by atoms with E-state index < -0.39 is 0 Å². The average molecular weight is 247 g/mol. The molecule has 0 bridgehead atoms. The molecule has 0 aliphatic heterocycles. The number of pyridine rings is 1. The van der Waals surface area contributed by atoms with Crippen molar-refractivity contribution in [2.24, 2.45) is 0 Å². The maximum Gasteiger partial charge on any atom is 0.254 e. The maximum absolute atomic E-state index is 11.8. The zero-order valence-corrected chi connectivity index (χ0v) is 10.5. The minimum Gasteiger partial charge on any atom is -0.345 e. The number of carbonyl (C=O) groups excluding carboxylic acids is 1. The van der Waals surface area contributed by atoms with Crippen LogP contribution in [0, 0.1) is 6.92 Å². The number of nitrogens with one attached hydrogen (secondary N) is 1. The zero-order valence-electron chi connectivity index (χ0n) is 9.68. The van der Waals surface area contributed by atoms with Crippen molar-refractivity contribution >= 4 is 17.4 Å². The highest BCUT2D eigenvalue weighted by atomic mass is 32.1. The third-order valence-corrected chi connectivity index (χ3v) is 3.06. The van der Waals surface area contributed by atoms with Crippen LogP contribution in [0.5, 0.6) is 0 Å². The van der Waals surface area contributed by atoms with Crippen LogP contribution in [-0.4, -0.2) is 15.3 Å². The van der Waals surface area contributed by atoms with Crippen LogP contribution in [-0.2, 0) is 0 Å². The molecule has 0 saturated carbocycles. The monoisotopic (exact) mass is 247 g/mol. The fourth-order valence-corrected chi connectivity index (χ4v) is 1.93. The van der Waals surface area contributed by atoms with Gasteiger partial charge in [-0.3, -0.25) is 9.78 Å². The molecule has 0 aromatic carbocycles. The third kappa shape index (κ3) is 2.88. The second-order valence-electron chi connectivity index (χ2n) is 3.84. The van der Waals surface area contributed by atoms with Gasteiger partial charge in [0.1, 0.15) is 0 Å². The first-order valence-corrected chi connectivity index (χ1v) is 6.13. The molecule has 0 aliphatic carbocycles. The summed E-state index contributed by atoms with van der Waals surface area (Å²) in [6.45, 7) is 3.87. The van der Waals surface area contributed by atoms with Crippen LogP contribution in [0.4, 0.5) is 0 Å². The van der Waals surface area contributed by atoms with Gasteiger partial charge in [-0.05, 0) is 37.0 Å². The molecule has 88 valence electrons. The highest BCUT2D eigenvalue weighted by molar-refractivity contribution is 7.03. The number of nitrogens with zero attached hydrogens (tertiary/aromatic N) is 2. The Morgan fingerprint density at radius 2 is 2.24 bits per heavy atom. The van der Waals surface area contributed by atoms with E-state index in [1.54, 1.807) is 17.8 Å². The zero-order chi connectivity index (χ0) is 12.3. The van der Waals surface area contributed by atoms with E-state index in [0.29, 0.717) is 5.56 Å². The van der Waals surface area contributed by atoms with Gasteiger partial charge in [0, 0.05) is 17.3 Å². The van der Waals surface area contributed by atoms with Gasteiger partial charge in [0.2, 0.25) is 0 Å². The Kier molecular flexibility index (Phi) is 3.49. The van der Waals surface area contributed by atoms with E-state index in [1.165, 1.54) is 11.5 Å².